The molecule has 0 aliphatic carbocycles. The third kappa shape index (κ3) is 4.63. The average molecular weight is 483 g/mol. The standard InChI is InChI=1S/C26H30N2O3S2/c1-4-20(3)28(33(30,31)21-11-6-5-7-12-21)18-25(29)27-16-14-24-23(15-17-32-24)26(27)22-13-9-8-10-19(22)2/h5-13,15,17,20,26H,4,14,16,18H2,1-3H3. The molecule has 1 amide bonds. The number of thiophene rings is 1. The quantitative estimate of drug-likeness (QED) is 0.475. The van der Waals surface area contributed by atoms with Gasteiger partial charge in [0, 0.05) is 17.5 Å². The van der Waals surface area contributed by atoms with Gasteiger partial charge >= 0.3 is 0 Å². The Balaban J connectivity index is 1.70. The van der Waals surface area contributed by atoms with Crippen molar-refractivity contribution in [2.24, 2.45) is 0 Å². The maximum absolute atomic E-state index is 13.8. The Hall–Kier alpha value is -2.48. The van der Waals surface area contributed by atoms with Gasteiger partial charge in [0.25, 0.3) is 0 Å². The lowest BCUT2D eigenvalue weighted by Crippen LogP contribution is -2.49. The number of carbonyl (C=O) groups excluding carboxylic acids is 1. The molecule has 3 aromatic rings. The van der Waals surface area contributed by atoms with Crippen LogP contribution in [0.4, 0.5) is 0 Å². The van der Waals surface area contributed by atoms with E-state index in [4.69, 9.17) is 0 Å². The van der Waals surface area contributed by atoms with Crippen LogP contribution in [0.1, 0.15) is 47.9 Å². The maximum Gasteiger partial charge on any atom is 0.243 e. The van der Waals surface area contributed by atoms with Crippen molar-refractivity contribution >= 4 is 27.3 Å². The molecule has 2 heterocycles. The van der Waals surface area contributed by atoms with Gasteiger partial charge in [-0.3, -0.25) is 4.79 Å². The van der Waals surface area contributed by atoms with Crippen molar-refractivity contribution in [1.29, 1.82) is 0 Å². The van der Waals surface area contributed by atoms with Crippen LogP contribution in [0.5, 0.6) is 0 Å². The molecule has 0 fully saturated rings. The summed E-state index contributed by atoms with van der Waals surface area (Å²) in [6.45, 7) is 6.26. The molecule has 0 saturated heterocycles. The Morgan fingerprint density at radius 2 is 1.79 bits per heavy atom. The van der Waals surface area contributed by atoms with Crippen molar-refractivity contribution in [1.82, 2.24) is 9.21 Å². The molecule has 0 N–H and O–H groups in total. The lowest BCUT2D eigenvalue weighted by Gasteiger charge is -2.38. The molecule has 1 aromatic heterocycles. The number of fused-ring (bicyclic) bond motifs is 1. The number of hydrogen-bond acceptors (Lipinski definition) is 4. The van der Waals surface area contributed by atoms with Gasteiger partial charge in [-0.15, -0.1) is 11.3 Å². The summed E-state index contributed by atoms with van der Waals surface area (Å²) < 4.78 is 28.3. The highest BCUT2D eigenvalue weighted by Gasteiger charge is 2.37. The first-order valence-electron chi connectivity index (χ1n) is 11.3. The molecule has 0 spiro atoms. The summed E-state index contributed by atoms with van der Waals surface area (Å²) in [7, 11) is -3.80. The average Bonchev–Trinajstić information content (AvgIpc) is 3.31. The van der Waals surface area contributed by atoms with E-state index in [2.05, 4.69) is 30.5 Å². The molecule has 2 atom stereocenters. The Morgan fingerprint density at radius 3 is 2.48 bits per heavy atom. The van der Waals surface area contributed by atoms with E-state index in [1.165, 1.54) is 9.18 Å². The highest BCUT2D eigenvalue weighted by atomic mass is 32.2. The lowest BCUT2D eigenvalue weighted by atomic mass is 9.90. The molecule has 174 valence electrons. The van der Waals surface area contributed by atoms with E-state index in [-0.39, 0.29) is 29.4 Å². The summed E-state index contributed by atoms with van der Waals surface area (Å²) in [5, 5.41) is 2.08. The topological polar surface area (TPSA) is 57.7 Å². The molecule has 0 saturated carbocycles. The zero-order valence-corrected chi connectivity index (χ0v) is 20.9. The lowest BCUT2D eigenvalue weighted by molar-refractivity contribution is -0.133. The molecule has 7 heteroatoms. The summed E-state index contributed by atoms with van der Waals surface area (Å²) in [5.74, 6) is -0.167. The first kappa shape index (κ1) is 23.7. The van der Waals surface area contributed by atoms with E-state index in [1.807, 2.05) is 30.9 Å². The van der Waals surface area contributed by atoms with Gasteiger partial charge in [-0.25, -0.2) is 8.42 Å². The molecule has 2 aromatic carbocycles. The van der Waals surface area contributed by atoms with Crippen LogP contribution in [0, 0.1) is 6.92 Å². The fraction of sp³-hybridized carbons (Fsp3) is 0.346. The van der Waals surface area contributed by atoms with Crippen LogP contribution >= 0.6 is 11.3 Å². The largest absolute Gasteiger partial charge is 0.330 e. The Morgan fingerprint density at radius 1 is 1.09 bits per heavy atom. The number of benzene rings is 2. The summed E-state index contributed by atoms with van der Waals surface area (Å²) >= 11 is 1.72. The first-order valence-corrected chi connectivity index (χ1v) is 13.6. The summed E-state index contributed by atoms with van der Waals surface area (Å²) in [6.07, 6.45) is 1.41. The van der Waals surface area contributed by atoms with Crippen LogP contribution in [0.3, 0.4) is 0 Å². The van der Waals surface area contributed by atoms with Gasteiger partial charge in [0.15, 0.2) is 0 Å². The number of aryl methyl sites for hydroxylation is 1. The van der Waals surface area contributed by atoms with Crippen molar-refractivity contribution in [3.05, 3.63) is 87.6 Å². The van der Waals surface area contributed by atoms with Crippen molar-refractivity contribution in [2.45, 2.75) is 50.6 Å². The van der Waals surface area contributed by atoms with Crippen molar-refractivity contribution in [2.75, 3.05) is 13.1 Å². The van der Waals surface area contributed by atoms with E-state index in [0.717, 1.165) is 23.1 Å². The maximum atomic E-state index is 13.8. The predicted molar refractivity (Wildman–Crippen MR) is 133 cm³/mol. The van der Waals surface area contributed by atoms with E-state index in [0.29, 0.717) is 13.0 Å². The molecular weight excluding hydrogens is 452 g/mol. The molecule has 0 bridgehead atoms. The van der Waals surface area contributed by atoms with Crippen molar-refractivity contribution in [3.8, 4) is 0 Å². The van der Waals surface area contributed by atoms with Gasteiger partial charge < -0.3 is 4.90 Å². The van der Waals surface area contributed by atoms with E-state index in [1.54, 1.807) is 41.7 Å². The number of rotatable bonds is 7. The second-order valence-corrected chi connectivity index (χ2v) is 11.4. The van der Waals surface area contributed by atoms with Crippen molar-refractivity contribution < 1.29 is 13.2 Å². The first-order chi connectivity index (χ1) is 15.8. The molecule has 2 unspecified atom stereocenters. The fourth-order valence-corrected chi connectivity index (χ4v) is 7.03. The Labute approximate surface area is 200 Å². The van der Waals surface area contributed by atoms with Gasteiger partial charge in [-0.2, -0.15) is 4.31 Å². The minimum Gasteiger partial charge on any atom is -0.330 e. The molecule has 33 heavy (non-hydrogen) atoms. The zero-order valence-electron chi connectivity index (χ0n) is 19.3. The number of carbonyl (C=O) groups is 1. The van der Waals surface area contributed by atoms with E-state index < -0.39 is 10.0 Å². The number of hydrogen-bond donors (Lipinski definition) is 0. The monoisotopic (exact) mass is 482 g/mol. The summed E-state index contributed by atoms with van der Waals surface area (Å²) in [4.78, 5) is 17.1. The van der Waals surface area contributed by atoms with Crippen LogP contribution in [-0.4, -0.2) is 42.7 Å². The number of amides is 1. The van der Waals surface area contributed by atoms with Gasteiger partial charge in [0.05, 0.1) is 17.5 Å². The normalized spacial score (nSPS) is 17.1. The fourth-order valence-electron chi connectivity index (χ4n) is 4.45. The molecule has 4 rings (SSSR count). The minimum atomic E-state index is -3.80. The minimum absolute atomic E-state index is 0.167. The van der Waals surface area contributed by atoms with Crippen LogP contribution in [0.2, 0.25) is 0 Å². The molecule has 5 nitrogen and oxygen atoms in total. The van der Waals surface area contributed by atoms with Crippen LogP contribution in [0.15, 0.2) is 70.9 Å². The van der Waals surface area contributed by atoms with Gasteiger partial charge in [-0.1, -0.05) is 49.4 Å². The number of sulfonamides is 1. The molecular formula is C26H30N2O3S2. The number of nitrogens with zero attached hydrogens (tertiary/aromatic N) is 2. The highest BCUT2D eigenvalue weighted by molar-refractivity contribution is 7.89. The Bertz CT molecular complexity index is 1220. The molecule has 0 radical (unpaired) electrons. The third-order valence-electron chi connectivity index (χ3n) is 6.49. The van der Waals surface area contributed by atoms with Gasteiger partial charge in [0.2, 0.25) is 15.9 Å². The van der Waals surface area contributed by atoms with Crippen LogP contribution in [-0.2, 0) is 21.2 Å². The van der Waals surface area contributed by atoms with Crippen LogP contribution in [0.25, 0.3) is 0 Å². The van der Waals surface area contributed by atoms with Gasteiger partial charge in [-0.05, 0) is 67.0 Å². The SMILES string of the molecule is CCC(C)N(CC(=O)N1CCc2sccc2C1c1ccccc1C)S(=O)(=O)c1ccccc1. The predicted octanol–water partition coefficient (Wildman–Crippen LogP) is 5.02. The van der Waals surface area contributed by atoms with E-state index >= 15 is 0 Å². The Kier molecular flexibility index (Phi) is 7.02. The van der Waals surface area contributed by atoms with Crippen molar-refractivity contribution in [3.63, 3.8) is 0 Å². The molecule has 1 aliphatic heterocycles. The third-order valence-corrected chi connectivity index (χ3v) is 9.46. The second kappa shape index (κ2) is 9.79. The summed E-state index contributed by atoms with van der Waals surface area (Å²) in [6, 6.07) is 18.1. The van der Waals surface area contributed by atoms with E-state index in [9.17, 15) is 13.2 Å². The molecule has 1 aliphatic rings. The summed E-state index contributed by atoms with van der Waals surface area (Å²) in [5.41, 5.74) is 3.36. The van der Waals surface area contributed by atoms with Crippen LogP contribution < -0.4 is 0 Å². The smallest absolute Gasteiger partial charge is 0.243 e. The van der Waals surface area contributed by atoms with Gasteiger partial charge in [0.1, 0.15) is 0 Å². The second-order valence-electron chi connectivity index (χ2n) is 8.52. The zero-order chi connectivity index (χ0) is 23.6. The highest BCUT2D eigenvalue weighted by Crippen LogP contribution is 2.39.